The van der Waals surface area contributed by atoms with E-state index in [2.05, 4.69) is 16.1 Å². The van der Waals surface area contributed by atoms with Gasteiger partial charge in [-0.05, 0) is 84.7 Å². The zero-order valence-corrected chi connectivity index (χ0v) is 18.9. The number of halogens is 1. The highest BCUT2D eigenvalue weighted by molar-refractivity contribution is 7.98. The number of nitriles is 1. The van der Waals surface area contributed by atoms with Crippen molar-refractivity contribution in [2.75, 3.05) is 5.32 Å². The molecule has 3 N–H and O–H groups in total. The summed E-state index contributed by atoms with van der Waals surface area (Å²) in [6.45, 7) is 11.2. The van der Waals surface area contributed by atoms with Gasteiger partial charge in [-0.2, -0.15) is 5.26 Å². The maximum atomic E-state index is 13.9. The van der Waals surface area contributed by atoms with Gasteiger partial charge in [0, 0.05) is 10.6 Å². The van der Waals surface area contributed by atoms with Crippen LogP contribution in [0.15, 0.2) is 35.2 Å². The molecule has 0 bridgehead atoms. The van der Waals surface area contributed by atoms with Gasteiger partial charge < -0.3 is 10.4 Å². The molecule has 0 aliphatic carbocycles. The molecular formula is C23H28FN3O2S. The van der Waals surface area contributed by atoms with E-state index >= 15 is 0 Å². The van der Waals surface area contributed by atoms with Crippen molar-refractivity contribution in [3.8, 4) is 6.07 Å². The molecule has 0 saturated carbocycles. The van der Waals surface area contributed by atoms with Gasteiger partial charge in [-0.3, -0.25) is 4.72 Å². The average Bonchev–Trinajstić information content (AvgIpc) is 2.64. The second-order valence-corrected chi connectivity index (χ2v) is 9.22. The molecule has 0 unspecified atom stereocenters. The first-order chi connectivity index (χ1) is 13.9. The minimum atomic E-state index is -1.19. The van der Waals surface area contributed by atoms with Gasteiger partial charge in [-0.1, -0.05) is 27.7 Å². The molecule has 0 aromatic heterocycles. The summed E-state index contributed by atoms with van der Waals surface area (Å²) in [5, 5.41) is 22.4. The van der Waals surface area contributed by atoms with E-state index in [1.54, 1.807) is 32.0 Å². The first kappa shape index (κ1) is 23.7. The number of carbonyl (C=O) groups excluding carboxylic acids is 1. The number of benzene rings is 2. The summed E-state index contributed by atoms with van der Waals surface area (Å²) in [6, 6.07) is 9.50. The maximum absolute atomic E-state index is 13.9. The number of hydrogen-bond acceptors (Lipinski definition) is 4. The van der Waals surface area contributed by atoms with E-state index < -0.39 is 17.4 Å². The summed E-state index contributed by atoms with van der Waals surface area (Å²) in [6.07, 6.45) is 0. The van der Waals surface area contributed by atoms with Crippen LogP contribution in [0.2, 0.25) is 0 Å². The molecule has 2 amide bonds. The number of carbonyl (C=O) groups is 1. The van der Waals surface area contributed by atoms with Gasteiger partial charge in [-0.25, -0.2) is 9.18 Å². The monoisotopic (exact) mass is 429 g/mol. The number of nitrogens with one attached hydrogen (secondary N) is 2. The number of hydrogen-bond donors (Lipinski definition) is 3. The van der Waals surface area contributed by atoms with E-state index in [0.29, 0.717) is 21.7 Å². The third-order valence-electron chi connectivity index (χ3n) is 4.65. The van der Waals surface area contributed by atoms with Crippen LogP contribution in [0.3, 0.4) is 0 Å². The van der Waals surface area contributed by atoms with Crippen molar-refractivity contribution in [3.63, 3.8) is 0 Å². The van der Waals surface area contributed by atoms with Crippen LogP contribution < -0.4 is 10.0 Å². The predicted octanol–water partition coefficient (Wildman–Crippen LogP) is 6.00. The first-order valence-corrected chi connectivity index (χ1v) is 10.6. The van der Waals surface area contributed by atoms with Crippen LogP contribution in [0.5, 0.6) is 0 Å². The van der Waals surface area contributed by atoms with Crippen molar-refractivity contribution in [2.24, 2.45) is 0 Å². The number of urea groups is 1. The van der Waals surface area contributed by atoms with Gasteiger partial charge in [0.15, 0.2) is 0 Å². The number of amides is 2. The number of aliphatic hydroxyl groups is 1. The molecule has 2 rings (SSSR count). The highest BCUT2D eigenvalue weighted by atomic mass is 32.2. The van der Waals surface area contributed by atoms with Gasteiger partial charge in [0.2, 0.25) is 0 Å². The molecule has 0 aliphatic rings. The van der Waals surface area contributed by atoms with Crippen LogP contribution in [0.1, 0.15) is 75.6 Å². The van der Waals surface area contributed by atoms with Gasteiger partial charge >= 0.3 is 6.03 Å². The van der Waals surface area contributed by atoms with Crippen LogP contribution in [0, 0.1) is 17.1 Å². The smallest absolute Gasteiger partial charge is 0.329 e. The third kappa shape index (κ3) is 5.97. The average molecular weight is 430 g/mol. The quantitative estimate of drug-likeness (QED) is 0.492. The Morgan fingerprint density at radius 2 is 1.67 bits per heavy atom. The van der Waals surface area contributed by atoms with Crippen LogP contribution in [0.4, 0.5) is 14.9 Å². The Bertz CT molecular complexity index is 946. The number of nitrogens with zero attached hydrogens (tertiary/aromatic N) is 1. The SMILES string of the molecule is CC(C)c1cc(C#N)cc(C(C)C)c1NC(=O)NSc1cc(F)cc(C(C)(C)O)c1. The van der Waals surface area contributed by atoms with Crippen molar-refractivity contribution in [3.05, 3.63) is 58.4 Å². The van der Waals surface area contributed by atoms with E-state index in [-0.39, 0.29) is 11.8 Å². The molecule has 30 heavy (non-hydrogen) atoms. The minimum Gasteiger partial charge on any atom is -0.386 e. The topological polar surface area (TPSA) is 85.2 Å². The summed E-state index contributed by atoms with van der Waals surface area (Å²) >= 11 is 0.963. The second kappa shape index (κ2) is 9.50. The van der Waals surface area contributed by atoms with Gasteiger partial charge in [-0.15, -0.1) is 0 Å². The molecule has 0 aliphatic heterocycles. The molecular weight excluding hydrogens is 401 g/mol. The normalized spacial score (nSPS) is 11.5. The lowest BCUT2D eigenvalue weighted by molar-refractivity contribution is 0.0780. The molecule has 5 nitrogen and oxygen atoms in total. The van der Waals surface area contributed by atoms with E-state index in [0.717, 1.165) is 23.1 Å². The highest BCUT2D eigenvalue weighted by Gasteiger charge is 2.20. The Kier molecular flexibility index (Phi) is 7.51. The molecule has 0 atom stereocenters. The summed E-state index contributed by atoms with van der Waals surface area (Å²) < 4.78 is 16.6. The number of rotatable bonds is 6. The molecule has 2 aromatic rings. The summed E-state index contributed by atoms with van der Waals surface area (Å²) in [7, 11) is 0. The largest absolute Gasteiger partial charge is 0.386 e. The summed E-state index contributed by atoms with van der Waals surface area (Å²) in [5.41, 5.74) is 2.24. The molecule has 160 valence electrons. The Morgan fingerprint density at radius 1 is 1.10 bits per heavy atom. The maximum Gasteiger partial charge on any atom is 0.329 e. The lowest BCUT2D eigenvalue weighted by atomic mass is 9.90. The Morgan fingerprint density at radius 3 is 2.13 bits per heavy atom. The fourth-order valence-corrected chi connectivity index (χ4v) is 3.65. The van der Waals surface area contributed by atoms with Gasteiger partial charge in [0.05, 0.1) is 17.2 Å². The molecule has 7 heteroatoms. The predicted molar refractivity (Wildman–Crippen MR) is 119 cm³/mol. The lowest BCUT2D eigenvalue weighted by Gasteiger charge is -2.21. The summed E-state index contributed by atoms with van der Waals surface area (Å²) in [5.74, 6) is -0.275. The highest BCUT2D eigenvalue weighted by Crippen LogP contribution is 2.34. The molecule has 0 fully saturated rings. The first-order valence-electron chi connectivity index (χ1n) is 9.77. The Labute approximate surface area is 181 Å². The van der Waals surface area contributed by atoms with Crippen molar-refractivity contribution >= 4 is 23.7 Å². The minimum absolute atomic E-state index is 0.108. The zero-order valence-electron chi connectivity index (χ0n) is 18.1. The van der Waals surface area contributed by atoms with E-state index in [9.17, 15) is 19.6 Å². The molecule has 0 heterocycles. The van der Waals surface area contributed by atoms with Crippen molar-refractivity contribution in [1.29, 1.82) is 5.26 Å². The van der Waals surface area contributed by atoms with Crippen molar-refractivity contribution < 1.29 is 14.3 Å². The van der Waals surface area contributed by atoms with Gasteiger partial charge in [0.1, 0.15) is 5.82 Å². The van der Waals surface area contributed by atoms with E-state index in [1.807, 2.05) is 27.7 Å². The van der Waals surface area contributed by atoms with Crippen LogP contribution >= 0.6 is 11.9 Å². The van der Waals surface area contributed by atoms with Crippen LogP contribution in [0.25, 0.3) is 0 Å². The molecule has 2 aromatic carbocycles. The van der Waals surface area contributed by atoms with Crippen LogP contribution in [-0.2, 0) is 5.60 Å². The zero-order chi connectivity index (χ0) is 22.6. The Balaban J connectivity index is 2.25. The van der Waals surface area contributed by atoms with Crippen LogP contribution in [-0.4, -0.2) is 11.1 Å². The van der Waals surface area contributed by atoms with E-state index in [4.69, 9.17) is 0 Å². The van der Waals surface area contributed by atoms with E-state index in [1.165, 1.54) is 12.1 Å². The molecule has 0 spiro atoms. The fraction of sp³-hybridized carbons (Fsp3) is 0.391. The second-order valence-electron chi connectivity index (χ2n) is 8.34. The number of anilines is 1. The van der Waals surface area contributed by atoms with Crippen molar-refractivity contribution in [2.45, 2.75) is 63.9 Å². The standard InChI is InChI=1S/C23H28FN3O2S/c1-13(2)19-7-15(12-25)8-20(14(3)4)21(19)26-22(28)27-30-18-10-16(23(5,6)29)9-17(24)11-18/h7-11,13-14,29H,1-6H3,(H2,26,27,28). The summed E-state index contributed by atoms with van der Waals surface area (Å²) in [4.78, 5) is 13.1. The van der Waals surface area contributed by atoms with Gasteiger partial charge in [0.25, 0.3) is 0 Å². The third-order valence-corrected chi connectivity index (χ3v) is 5.41. The Hall–Kier alpha value is -2.56. The molecule has 0 radical (unpaired) electrons. The fourth-order valence-electron chi connectivity index (χ4n) is 3.03. The van der Waals surface area contributed by atoms with Crippen molar-refractivity contribution in [1.82, 2.24) is 4.72 Å². The lowest BCUT2D eigenvalue weighted by Crippen LogP contribution is -2.25. The molecule has 0 saturated heterocycles.